The van der Waals surface area contributed by atoms with Gasteiger partial charge in [-0.05, 0) is 59.6 Å². The van der Waals surface area contributed by atoms with Gasteiger partial charge in [0, 0.05) is 17.1 Å². The standard InChI is InChI=1S/C20H25BrClNO2.ClH/c1-3-5-10-23-13-15-11-17(21)20(19(12-15)24-4-2)25-14-16-8-6-7-9-18(16)22;/h6-9,11-12,23H,3-5,10,13-14H2,1-2H3;1H. The fourth-order valence-electron chi connectivity index (χ4n) is 2.43. The Bertz CT molecular complexity index is 683. The minimum atomic E-state index is 0. The molecule has 26 heavy (non-hydrogen) atoms. The number of nitrogens with one attached hydrogen (secondary N) is 1. The first-order chi connectivity index (χ1) is 12.2. The van der Waals surface area contributed by atoms with E-state index in [9.17, 15) is 0 Å². The second kappa shape index (κ2) is 12.4. The van der Waals surface area contributed by atoms with Crippen molar-refractivity contribution >= 4 is 39.9 Å². The summed E-state index contributed by atoms with van der Waals surface area (Å²) in [7, 11) is 0. The van der Waals surface area contributed by atoms with Crippen LogP contribution in [0, 0.1) is 0 Å². The summed E-state index contributed by atoms with van der Waals surface area (Å²) in [6.45, 7) is 6.97. The number of hydrogen-bond donors (Lipinski definition) is 1. The fourth-order valence-corrected chi connectivity index (χ4v) is 3.22. The van der Waals surface area contributed by atoms with Crippen molar-refractivity contribution in [1.82, 2.24) is 5.32 Å². The molecule has 0 atom stereocenters. The van der Waals surface area contributed by atoms with Gasteiger partial charge in [0.25, 0.3) is 0 Å². The molecule has 2 aromatic rings. The summed E-state index contributed by atoms with van der Waals surface area (Å²) in [6, 6.07) is 11.8. The van der Waals surface area contributed by atoms with Gasteiger partial charge in [-0.2, -0.15) is 0 Å². The molecule has 0 heterocycles. The smallest absolute Gasteiger partial charge is 0.175 e. The zero-order valence-corrected chi connectivity index (χ0v) is 18.3. The predicted octanol–water partition coefficient (Wildman–Crippen LogP) is 6.39. The van der Waals surface area contributed by atoms with E-state index in [1.165, 1.54) is 12.8 Å². The highest BCUT2D eigenvalue weighted by Crippen LogP contribution is 2.37. The van der Waals surface area contributed by atoms with Gasteiger partial charge in [0.1, 0.15) is 6.61 Å². The number of halogens is 3. The predicted molar refractivity (Wildman–Crippen MR) is 115 cm³/mol. The molecule has 1 N–H and O–H groups in total. The molecule has 0 spiro atoms. The van der Waals surface area contributed by atoms with Crippen molar-refractivity contribution in [3.63, 3.8) is 0 Å². The van der Waals surface area contributed by atoms with Crippen molar-refractivity contribution in [3.05, 3.63) is 57.0 Å². The second-order valence-corrected chi connectivity index (χ2v) is 7.01. The first-order valence-electron chi connectivity index (χ1n) is 8.67. The van der Waals surface area contributed by atoms with Gasteiger partial charge in [-0.3, -0.25) is 0 Å². The molecule has 3 nitrogen and oxygen atoms in total. The summed E-state index contributed by atoms with van der Waals surface area (Å²) in [6.07, 6.45) is 2.37. The van der Waals surface area contributed by atoms with Gasteiger partial charge < -0.3 is 14.8 Å². The normalized spacial score (nSPS) is 10.3. The molecule has 0 saturated carbocycles. The molecular weight excluding hydrogens is 437 g/mol. The highest BCUT2D eigenvalue weighted by molar-refractivity contribution is 9.10. The molecule has 0 saturated heterocycles. The maximum absolute atomic E-state index is 6.21. The lowest BCUT2D eigenvalue weighted by Gasteiger charge is -2.16. The number of ether oxygens (including phenoxy) is 2. The van der Waals surface area contributed by atoms with Crippen LogP contribution in [0.4, 0.5) is 0 Å². The SMILES string of the molecule is CCCCNCc1cc(Br)c(OCc2ccccc2Cl)c(OCC)c1.Cl. The van der Waals surface area contributed by atoms with Crippen LogP contribution in [0.2, 0.25) is 5.02 Å². The Kier molecular flexibility index (Phi) is 11.1. The third kappa shape index (κ3) is 6.99. The minimum Gasteiger partial charge on any atom is -0.490 e. The van der Waals surface area contributed by atoms with E-state index in [0.29, 0.717) is 24.0 Å². The van der Waals surface area contributed by atoms with Gasteiger partial charge in [0.2, 0.25) is 0 Å². The van der Waals surface area contributed by atoms with Crippen LogP contribution >= 0.6 is 39.9 Å². The third-order valence-electron chi connectivity index (χ3n) is 3.74. The Hall–Kier alpha value is -0.940. The van der Waals surface area contributed by atoms with E-state index in [1.807, 2.05) is 37.3 Å². The summed E-state index contributed by atoms with van der Waals surface area (Å²) in [5.74, 6) is 1.45. The van der Waals surface area contributed by atoms with E-state index in [0.717, 1.165) is 34.4 Å². The Morgan fingerprint density at radius 2 is 1.88 bits per heavy atom. The summed E-state index contributed by atoms with van der Waals surface area (Å²) in [4.78, 5) is 0. The van der Waals surface area contributed by atoms with Crippen LogP contribution in [0.3, 0.4) is 0 Å². The molecule has 0 aromatic heterocycles. The Morgan fingerprint density at radius 3 is 2.58 bits per heavy atom. The molecule has 0 aliphatic heterocycles. The zero-order valence-electron chi connectivity index (χ0n) is 15.2. The average Bonchev–Trinajstić information content (AvgIpc) is 2.60. The monoisotopic (exact) mass is 461 g/mol. The van der Waals surface area contributed by atoms with Crippen molar-refractivity contribution in [1.29, 1.82) is 0 Å². The van der Waals surface area contributed by atoms with E-state index in [2.05, 4.69) is 34.2 Å². The lowest BCUT2D eigenvalue weighted by Crippen LogP contribution is -2.14. The van der Waals surface area contributed by atoms with Crippen molar-refractivity contribution in [2.45, 2.75) is 39.8 Å². The Morgan fingerprint density at radius 1 is 1.12 bits per heavy atom. The molecule has 0 fully saturated rings. The summed E-state index contributed by atoms with van der Waals surface area (Å²) < 4.78 is 12.7. The van der Waals surface area contributed by atoms with E-state index in [1.54, 1.807) is 0 Å². The van der Waals surface area contributed by atoms with Crippen molar-refractivity contribution in [3.8, 4) is 11.5 Å². The van der Waals surface area contributed by atoms with Crippen molar-refractivity contribution < 1.29 is 9.47 Å². The molecule has 0 radical (unpaired) electrons. The second-order valence-electron chi connectivity index (χ2n) is 5.75. The van der Waals surface area contributed by atoms with Gasteiger partial charge >= 0.3 is 0 Å². The van der Waals surface area contributed by atoms with Gasteiger partial charge in [-0.25, -0.2) is 0 Å². The molecule has 0 aliphatic rings. The minimum absolute atomic E-state index is 0. The zero-order chi connectivity index (χ0) is 18.1. The van der Waals surface area contributed by atoms with Gasteiger partial charge in [-0.15, -0.1) is 12.4 Å². The van der Waals surface area contributed by atoms with Crippen LogP contribution in [0.1, 0.15) is 37.8 Å². The maximum atomic E-state index is 6.21. The number of rotatable bonds is 10. The molecule has 2 aromatic carbocycles. The highest BCUT2D eigenvalue weighted by atomic mass is 79.9. The average molecular weight is 463 g/mol. The molecule has 0 bridgehead atoms. The van der Waals surface area contributed by atoms with Crippen LogP contribution in [-0.4, -0.2) is 13.2 Å². The lowest BCUT2D eigenvalue weighted by molar-refractivity contribution is 0.267. The topological polar surface area (TPSA) is 30.5 Å². The lowest BCUT2D eigenvalue weighted by atomic mass is 10.2. The number of unbranched alkanes of at least 4 members (excludes halogenated alkanes) is 1. The van der Waals surface area contributed by atoms with Gasteiger partial charge in [0.15, 0.2) is 11.5 Å². The van der Waals surface area contributed by atoms with Crippen LogP contribution in [0.5, 0.6) is 11.5 Å². The third-order valence-corrected chi connectivity index (χ3v) is 4.69. The quantitative estimate of drug-likeness (QED) is 0.414. The highest BCUT2D eigenvalue weighted by Gasteiger charge is 2.13. The summed E-state index contributed by atoms with van der Waals surface area (Å²) in [5.41, 5.74) is 2.11. The van der Waals surface area contributed by atoms with Crippen molar-refractivity contribution in [2.75, 3.05) is 13.2 Å². The number of hydrogen-bond acceptors (Lipinski definition) is 3. The van der Waals surface area contributed by atoms with Crippen LogP contribution < -0.4 is 14.8 Å². The largest absolute Gasteiger partial charge is 0.490 e. The molecule has 2 rings (SSSR count). The summed E-state index contributed by atoms with van der Waals surface area (Å²) >= 11 is 9.83. The molecule has 0 aliphatic carbocycles. The first kappa shape index (κ1) is 23.1. The molecule has 144 valence electrons. The van der Waals surface area contributed by atoms with E-state index in [-0.39, 0.29) is 12.4 Å². The first-order valence-corrected chi connectivity index (χ1v) is 9.85. The van der Waals surface area contributed by atoms with Crippen LogP contribution in [0.25, 0.3) is 0 Å². The molecule has 6 heteroatoms. The van der Waals surface area contributed by atoms with Crippen LogP contribution in [-0.2, 0) is 13.2 Å². The number of benzene rings is 2. The van der Waals surface area contributed by atoms with Crippen molar-refractivity contribution in [2.24, 2.45) is 0 Å². The maximum Gasteiger partial charge on any atom is 0.175 e. The summed E-state index contributed by atoms with van der Waals surface area (Å²) in [5, 5.41) is 4.15. The van der Waals surface area contributed by atoms with Gasteiger partial charge in [0.05, 0.1) is 11.1 Å². The molecule has 0 unspecified atom stereocenters. The van der Waals surface area contributed by atoms with Crippen LogP contribution in [0.15, 0.2) is 40.9 Å². The van der Waals surface area contributed by atoms with E-state index >= 15 is 0 Å². The van der Waals surface area contributed by atoms with Gasteiger partial charge in [-0.1, -0.05) is 43.1 Å². The molecule has 0 amide bonds. The molecular formula is C20H26BrCl2NO2. The fraction of sp³-hybridized carbons (Fsp3) is 0.400. The van der Waals surface area contributed by atoms with E-state index in [4.69, 9.17) is 21.1 Å². The Balaban J connectivity index is 0.00000338. The van der Waals surface area contributed by atoms with E-state index < -0.39 is 0 Å². The Labute approximate surface area is 176 Å².